The van der Waals surface area contributed by atoms with Crippen molar-refractivity contribution in [3.8, 4) is 40.4 Å². The summed E-state index contributed by atoms with van der Waals surface area (Å²) >= 11 is -1.71. The van der Waals surface area contributed by atoms with Crippen LogP contribution in [0.15, 0.2) is 49.1 Å². The van der Waals surface area contributed by atoms with Crippen molar-refractivity contribution in [3.63, 3.8) is 0 Å². The van der Waals surface area contributed by atoms with Gasteiger partial charge in [0.2, 0.25) is 0 Å². The van der Waals surface area contributed by atoms with E-state index in [-0.39, 0.29) is 5.95 Å². The highest BCUT2D eigenvalue weighted by Gasteiger charge is 2.34. The summed E-state index contributed by atoms with van der Waals surface area (Å²) in [4.78, 5) is 13.0. The third-order valence-corrected chi connectivity index (χ3v) is 7.13. The van der Waals surface area contributed by atoms with Gasteiger partial charge in [-0.05, 0) is 44.5 Å². The molecular weight excluding hydrogens is 518 g/mol. The van der Waals surface area contributed by atoms with Gasteiger partial charge in [-0.1, -0.05) is 12.0 Å². The molecule has 1 unspecified atom stereocenters. The maximum absolute atomic E-state index is 13.6. The minimum absolute atomic E-state index is 0.212. The Balaban J connectivity index is 1.75. The Morgan fingerprint density at radius 2 is 1.72 bits per heavy atom. The van der Waals surface area contributed by atoms with Gasteiger partial charge in [0.25, 0.3) is 5.95 Å². The first kappa shape index (κ1) is 27.8. The Morgan fingerprint density at radius 3 is 2.31 bits per heavy atom. The molecule has 202 valence electrons. The van der Waals surface area contributed by atoms with Crippen LogP contribution in [0.1, 0.15) is 36.9 Å². The number of aryl methyl sites for hydroxylation is 1. The zero-order valence-corrected chi connectivity index (χ0v) is 23.3. The quantitative estimate of drug-likeness (QED) is 0.232. The molecular formula is C27H29N7O4S. The summed E-state index contributed by atoms with van der Waals surface area (Å²) in [7, 11) is 4.64. The van der Waals surface area contributed by atoms with Gasteiger partial charge >= 0.3 is 0 Å². The molecule has 0 amide bonds. The molecule has 3 aromatic heterocycles. The predicted molar refractivity (Wildman–Crippen MR) is 148 cm³/mol. The number of anilines is 1. The Kier molecular flexibility index (Phi) is 8.98. The molecule has 0 aliphatic heterocycles. The molecule has 0 spiro atoms. The first-order valence-corrected chi connectivity index (χ1v) is 13.2. The van der Waals surface area contributed by atoms with Crippen LogP contribution in [0.5, 0.6) is 11.5 Å². The Morgan fingerprint density at radius 1 is 1.03 bits per heavy atom. The van der Waals surface area contributed by atoms with Gasteiger partial charge in [-0.25, -0.2) is 9.97 Å². The van der Waals surface area contributed by atoms with E-state index in [0.717, 1.165) is 5.56 Å². The second kappa shape index (κ2) is 12.6. The third kappa shape index (κ3) is 5.96. The molecule has 0 radical (unpaired) electrons. The van der Waals surface area contributed by atoms with E-state index in [1.165, 1.54) is 7.11 Å². The van der Waals surface area contributed by atoms with Gasteiger partial charge in [-0.3, -0.25) is 9.55 Å². The van der Waals surface area contributed by atoms with Crippen LogP contribution in [0.2, 0.25) is 0 Å². The molecule has 0 bridgehead atoms. The van der Waals surface area contributed by atoms with Crippen molar-refractivity contribution in [2.75, 3.05) is 26.1 Å². The van der Waals surface area contributed by atoms with E-state index in [4.69, 9.17) is 14.2 Å². The average molecular weight is 548 g/mol. The SMILES string of the molecule is CC#Cc1cnc([C@@H](OC)[C@H](C)[S+]([O-])Nc2nnc(-c3cncc(C)c3)n2-c2c(OC)cccc2OC)nc1. The van der Waals surface area contributed by atoms with Crippen molar-refractivity contribution >= 4 is 17.3 Å². The van der Waals surface area contributed by atoms with E-state index in [1.807, 2.05) is 19.1 Å². The monoisotopic (exact) mass is 547 g/mol. The Bertz CT molecular complexity index is 1460. The summed E-state index contributed by atoms with van der Waals surface area (Å²) in [6.07, 6.45) is 5.99. The number of rotatable bonds is 10. The number of hydrogen-bond donors (Lipinski definition) is 1. The lowest BCUT2D eigenvalue weighted by Gasteiger charge is -2.24. The van der Waals surface area contributed by atoms with Crippen molar-refractivity contribution in [2.45, 2.75) is 32.1 Å². The number of hydrogen-bond acceptors (Lipinski definition) is 10. The number of benzene rings is 1. The maximum atomic E-state index is 13.6. The van der Waals surface area contributed by atoms with Crippen LogP contribution in [-0.2, 0) is 16.1 Å². The van der Waals surface area contributed by atoms with E-state index < -0.39 is 22.7 Å². The molecule has 0 saturated carbocycles. The summed E-state index contributed by atoms with van der Waals surface area (Å²) in [5.74, 6) is 7.80. The summed E-state index contributed by atoms with van der Waals surface area (Å²) in [6.45, 7) is 5.45. The topological polar surface area (TPSA) is 132 Å². The van der Waals surface area contributed by atoms with Crippen LogP contribution in [0.3, 0.4) is 0 Å². The average Bonchev–Trinajstić information content (AvgIpc) is 3.36. The number of ether oxygens (including phenoxy) is 3. The van der Waals surface area contributed by atoms with Gasteiger partial charge in [0.05, 0.1) is 31.1 Å². The van der Waals surface area contributed by atoms with Crippen LogP contribution in [0.4, 0.5) is 5.95 Å². The number of pyridine rings is 1. The highest BCUT2D eigenvalue weighted by atomic mass is 32.2. The smallest absolute Gasteiger partial charge is 0.271 e. The molecule has 4 rings (SSSR count). The highest BCUT2D eigenvalue weighted by molar-refractivity contribution is 7.93. The van der Waals surface area contributed by atoms with Crippen LogP contribution < -0.4 is 14.2 Å². The maximum Gasteiger partial charge on any atom is 0.271 e. The zero-order chi connectivity index (χ0) is 27.9. The van der Waals surface area contributed by atoms with Crippen LogP contribution >= 0.6 is 0 Å². The molecule has 12 heteroatoms. The van der Waals surface area contributed by atoms with Crippen LogP contribution in [-0.4, -0.2) is 60.8 Å². The lowest BCUT2D eigenvalue weighted by atomic mass is 10.2. The lowest BCUT2D eigenvalue weighted by Crippen LogP contribution is -2.33. The number of methoxy groups -OCH3 is 3. The lowest BCUT2D eigenvalue weighted by molar-refractivity contribution is 0.0949. The fraction of sp³-hybridized carbons (Fsp3) is 0.296. The van der Waals surface area contributed by atoms with Crippen molar-refractivity contribution in [1.82, 2.24) is 29.7 Å². The Hall–Kier alpha value is -4.18. The number of nitrogens with zero attached hydrogens (tertiary/aromatic N) is 6. The van der Waals surface area contributed by atoms with Crippen LogP contribution in [0.25, 0.3) is 17.1 Å². The second-order valence-electron chi connectivity index (χ2n) is 8.41. The van der Waals surface area contributed by atoms with Crippen LogP contribution in [0, 0.1) is 18.8 Å². The van der Waals surface area contributed by atoms with Crippen molar-refractivity contribution < 1.29 is 18.8 Å². The number of para-hydroxylation sites is 1. The highest BCUT2D eigenvalue weighted by Crippen LogP contribution is 2.38. The fourth-order valence-electron chi connectivity index (χ4n) is 3.97. The van der Waals surface area contributed by atoms with Crippen molar-refractivity contribution in [3.05, 3.63) is 66.0 Å². The molecule has 3 atom stereocenters. The summed E-state index contributed by atoms with van der Waals surface area (Å²) in [5, 5.41) is 8.18. The minimum atomic E-state index is -1.71. The summed E-state index contributed by atoms with van der Waals surface area (Å²) in [5.41, 5.74) is 2.87. The third-order valence-electron chi connectivity index (χ3n) is 5.83. The van der Waals surface area contributed by atoms with Gasteiger partial charge < -0.3 is 18.8 Å². The predicted octanol–water partition coefficient (Wildman–Crippen LogP) is 3.67. The van der Waals surface area contributed by atoms with Gasteiger partial charge in [-0.2, -0.15) is 4.72 Å². The molecule has 39 heavy (non-hydrogen) atoms. The fourth-order valence-corrected chi connectivity index (χ4v) is 4.93. The minimum Gasteiger partial charge on any atom is -0.593 e. The first-order valence-electron chi connectivity index (χ1n) is 11.9. The summed E-state index contributed by atoms with van der Waals surface area (Å²) < 4.78 is 35.3. The molecule has 0 aliphatic rings. The first-order chi connectivity index (χ1) is 18.9. The van der Waals surface area contributed by atoms with Gasteiger partial charge in [-0.15, -0.1) is 16.1 Å². The molecule has 3 heterocycles. The standard InChI is InChI=1S/C27H29N7O4S/c1-7-9-19-14-29-25(30-15-19)24(38-6)18(3)39(35)33-27-32-31-26(20-12-17(2)13-28-16-20)34(27)23-21(36-4)10-8-11-22(23)37-5/h8,10-16,18,24H,1-6H3,(H,32,33)/t18-,24-,39?/m0/s1. The number of nitrogens with one attached hydrogen (secondary N) is 1. The molecule has 4 aromatic rings. The molecule has 11 nitrogen and oxygen atoms in total. The summed E-state index contributed by atoms with van der Waals surface area (Å²) in [6, 6.07) is 7.34. The second-order valence-corrected chi connectivity index (χ2v) is 9.95. The normalized spacial score (nSPS) is 13.1. The van der Waals surface area contributed by atoms with E-state index in [1.54, 1.807) is 69.6 Å². The largest absolute Gasteiger partial charge is 0.593 e. The Labute approximate surface area is 230 Å². The molecule has 1 aromatic carbocycles. The molecule has 0 aliphatic carbocycles. The van der Waals surface area contributed by atoms with E-state index in [9.17, 15) is 4.55 Å². The van der Waals surface area contributed by atoms with Gasteiger partial charge in [0, 0.05) is 37.5 Å². The molecule has 1 N–H and O–H groups in total. The van der Waals surface area contributed by atoms with E-state index in [0.29, 0.717) is 40.0 Å². The molecule has 0 fully saturated rings. The van der Waals surface area contributed by atoms with E-state index >= 15 is 0 Å². The van der Waals surface area contributed by atoms with E-state index in [2.05, 4.69) is 41.7 Å². The van der Waals surface area contributed by atoms with Crippen molar-refractivity contribution in [2.24, 2.45) is 0 Å². The van der Waals surface area contributed by atoms with Gasteiger partial charge in [0.15, 0.2) is 23.0 Å². The van der Waals surface area contributed by atoms with Crippen molar-refractivity contribution in [1.29, 1.82) is 0 Å². The van der Waals surface area contributed by atoms with Gasteiger partial charge in [0.1, 0.15) is 17.2 Å². The molecule has 0 saturated heterocycles. The zero-order valence-electron chi connectivity index (χ0n) is 22.5. The number of aromatic nitrogens is 6.